The maximum atomic E-state index is 11.6. The van der Waals surface area contributed by atoms with Crippen LogP contribution >= 0.6 is 0 Å². The third-order valence-electron chi connectivity index (χ3n) is 2.59. The first-order chi connectivity index (χ1) is 7.34. The number of carbonyl (C=O) groups is 3. The van der Waals surface area contributed by atoms with E-state index in [-0.39, 0.29) is 13.0 Å². The largest absolute Gasteiger partial charge is 0.481 e. The van der Waals surface area contributed by atoms with E-state index in [0.29, 0.717) is 0 Å². The standard InChI is InChI=1S/C9H13NO6/c1-4(8(13)14)7(12)10-3-5(11)2-6(10)9(15)16/h4-6,11H,2-3H2,1H3,(H,13,14)(H,15,16)/t4?,5-,6+/m1/s1. The molecular formula is C9H13NO6. The van der Waals surface area contributed by atoms with Crippen molar-refractivity contribution < 1.29 is 29.7 Å². The lowest BCUT2D eigenvalue weighted by Crippen LogP contribution is -2.44. The number of aliphatic carboxylic acids is 2. The van der Waals surface area contributed by atoms with Gasteiger partial charge in [-0.3, -0.25) is 9.59 Å². The number of likely N-dealkylation sites (tertiary alicyclic amines) is 1. The highest BCUT2D eigenvalue weighted by Gasteiger charge is 2.41. The molecule has 7 heteroatoms. The lowest BCUT2D eigenvalue weighted by Gasteiger charge is -2.22. The Morgan fingerprint density at radius 1 is 1.31 bits per heavy atom. The molecule has 0 bridgehead atoms. The number of nitrogens with zero attached hydrogens (tertiary/aromatic N) is 1. The second-order valence-electron chi connectivity index (χ2n) is 3.79. The van der Waals surface area contributed by atoms with Gasteiger partial charge in [-0.2, -0.15) is 0 Å². The Labute approximate surface area is 91.3 Å². The molecule has 1 heterocycles. The molecule has 1 saturated heterocycles. The van der Waals surface area contributed by atoms with Gasteiger partial charge in [-0.25, -0.2) is 4.79 Å². The van der Waals surface area contributed by atoms with Gasteiger partial charge < -0.3 is 20.2 Å². The normalized spacial score (nSPS) is 26.5. The van der Waals surface area contributed by atoms with Gasteiger partial charge in [0.15, 0.2) is 0 Å². The molecule has 1 rings (SSSR count). The number of aliphatic hydroxyl groups is 1. The van der Waals surface area contributed by atoms with Crippen LogP contribution in [0, 0.1) is 5.92 Å². The fourth-order valence-corrected chi connectivity index (χ4v) is 1.65. The van der Waals surface area contributed by atoms with E-state index >= 15 is 0 Å². The lowest BCUT2D eigenvalue weighted by atomic mass is 10.1. The highest BCUT2D eigenvalue weighted by atomic mass is 16.4. The van der Waals surface area contributed by atoms with Gasteiger partial charge in [-0.05, 0) is 6.92 Å². The van der Waals surface area contributed by atoms with E-state index in [1.807, 2.05) is 0 Å². The van der Waals surface area contributed by atoms with E-state index in [1.54, 1.807) is 0 Å². The Morgan fingerprint density at radius 3 is 2.31 bits per heavy atom. The second-order valence-corrected chi connectivity index (χ2v) is 3.79. The predicted octanol–water partition coefficient (Wildman–Crippen LogP) is -1.25. The SMILES string of the molecule is CC(C(=O)O)C(=O)N1C[C@H](O)C[C@H]1C(=O)O. The summed E-state index contributed by atoms with van der Waals surface area (Å²) in [5, 5.41) is 26.7. The number of carboxylic acids is 2. The summed E-state index contributed by atoms with van der Waals surface area (Å²) in [4.78, 5) is 33.9. The van der Waals surface area contributed by atoms with Crippen LogP contribution in [0.1, 0.15) is 13.3 Å². The van der Waals surface area contributed by atoms with Crippen molar-refractivity contribution in [3.63, 3.8) is 0 Å². The average molecular weight is 231 g/mol. The number of hydrogen-bond acceptors (Lipinski definition) is 4. The molecule has 0 aromatic carbocycles. The van der Waals surface area contributed by atoms with Crippen LogP contribution in [0.3, 0.4) is 0 Å². The minimum Gasteiger partial charge on any atom is -0.481 e. The van der Waals surface area contributed by atoms with Crippen molar-refractivity contribution in [2.24, 2.45) is 5.92 Å². The van der Waals surface area contributed by atoms with Gasteiger partial charge in [-0.1, -0.05) is 0 Å². The number of rotatable bonds is 3. The Bertz CT molecular complexity index is 328. The molecule has 0 saturated carbocycles. The molecule has 0 spiro atoms. The molecule has 0 radical (unpaired) electrons. The number of aliphatic hydroxyl groups excluding tert-OH is 1. The zero-order valence-electron chi connectivity index (χ0n) is 8.66. The maximum Gasteiger partial charge on any atom is 0.326 e. The van der Waals surface area contributed by atoms with Crippen LogP contribution in [-0.4, -0.2) is 56.8 Å². The first-order valence-corrected chi connectivity index (χ1v) is 4.78. The van der Waals surface area contributed by atoms with Crippen molar-refractivity contribution in [1.29, 1.82) is 0 Å². The molecule has 1 fully saturated rings. The Morgan fingerprint density at radius 2 is 1.88 bits per heavy atom. The summed E-state index contributed by atoms with van der Waals surface area (Å²) in [6.45, 7) is 1.06. The quantitative estimate of drug-likeness (QED) is 0.523. The Hall–Kier alpha value is -1.63. The molecule has 16 heavy (non-hydrogen) atoms. The van der Waals surface area contributed by atoms with Crippen LogP contribution in [0.15, 0.2) is 0 Å². The van der Waals surface area contributed by atoms with E-state index in [9.17, 15) is 19.5 Å². The Kier molecular flexibility index (Phi) is 3.48. The third-order valence-corrected chi connectivity index (χ3v) is 2.59. The molecule has 1 unspecified atom stereocenters. The van der Waals surface area contributed by atoms with E-state index in [0.717, 1.165) is 4.90 Å². The molecule has 1 aliphatic rings. The summed E-state index contributed by atoms with van der Waals surface area (Å²) < 4.78 is 0. The number of carboxylic acid groups (broad SMARTS) is 2. The number of β-amino-alcohol motifs (C(OH)–C–C–N with tert-alkyl or cyclic N) is 1. The van der Waals surface area contributed by atoms with Crippen LogP contribution in [-0.2, 0) is 14.4 Å². The van der Waals surface area contributed by atoms with E-state index in [4.69, 9.17) is 10.2 Å². The van der Waals surface area contributed by atoms with Crippen molar-refractivity contribution in [2.45, 2.75) is 25.5 Å². The predicted molar refractivity (Wildman–Crippen MR) is 50.6 cm³/mol. The van der Waals surface area contributed by atoms with Gasteiger partial charge in [0.05, 0.1) is 6.10 Å². The van der Waals surface area contributed by atoms with Crippen molar-refractivity contribution in [2.75, 3.05) is 6.54 Å². The number of amides is 1. The first kappa shape index (κ1) is 12.4. The zero-order chi connectivity index (χ0) is 12.5. The minimum atomic E-state index is -1.31. The minimum absolute atomic E-state index is 0.0621. The fraction of sp³-hybridized carbons (Fsp3) is 0.667. The number of hydrogen-bond donors (Lipinski definition) is 3. The van der Waals surface area contributed by atoms with Gasteiger partial charge >= 0.3 is 11.9 Å². The molecule has 1 amide bonds. The van der Waals surface area contributed by atoms with Crippen molar-refractivity contribution in [3.05, 3.63) is 0 Å². The van der Waals surface area contributed by atoms with Gasteiger partial charge in [0.2, 0.25) is 5.91 Å². The molecule has 7 nitrogen and oxygen atoms in total. The van der Waals surface area contributed by atoms with Gasteiger partial charge in [0, 0.05) is 13.0 Å². The van der Waals surface area contributed by atoms with Gasteiger partial charge in [-0.15, -0.1) is 0 Å². The van der Waals surface area contributed by atoms with Crippen LogP contribution < -0.4 is 0 Å². The Balaban J connectivity index is 2.82. The van der Waals surface area contributed by atoms with Crippen LogP contribution in [0.4, 0.5) is 0 Å². The molecule has 90 valence electrons. The van der Waals surface area contributed by atoms with Crippen LogP contribution in [0.2, 0.25) is 0 Å². The highest BCUT2D eigenvalue weighted by Crippen LogP contribution is 2.20. The highest BCUT2D eigenvalue weighted by molar-refractivity contribution is 5.98. The fourth-order valence-electron chi connectivity index (χ4n) is 1.65. The molecule has 0 aromatic heterocycles. The van der Waals surface area contributed by atoms with Gasteiger partial charge in [0.1, 0.15) is 12.0 Å². The molecule has 3 atom stereocenters. The smallest absolute Gasteiger partial charge is 0.326 e. The zero-order valence-corrected chi connectivity index (χ0v) is 8.66. The summed E-state index contributed by atoms with van der Waals surface area (Å²) in [5.41, 5.74) is 0. The third kappa shape index (κ3) is 2.30. The molecule has 0 aromatic rings. The number of carbonyl (C=O) groups excluding carboxylic acids is 1. The topological polar surface area (TPSA) is 115 Å². The van der Waals surface area contributed by atoms with E-state index in [2.05, 4.69) is 0 Å². The monoisotopic (exact) mass is 231 g/mol. The molecule has 1 aliphatic heterocycles. The second kappa shape index (κ2) is 4.48. The summed E-state index contributed by atoms with van der Waals surface area (Å²) >= 11 is 0. The van der Waals surface area contributed by atoms with Crippen molar-refractivity contribution in [3.8, 4) is 0 Å². The first-order valence-electron chi connectivity index (χ1n) is 4.78. The van der Waals surface area contributed by atoms with Crippen LogP contribution in [0.25, 0.3) is 0 Å². The summed E-state index contributed by atoms with van der Waals surface area (Å²) in [6, 6.07) is -1.13. The molecule has 0 aliphatic carbocycles. The average Bonchev–Trinajstić information content (AvgIpc) is 2.58. The summed E-state index contributed by atoms with van der Waals surface area (Å²) in [5.74, 6) is -4.62. The molecule has 3 N–H and O–H groups in total. The van der Waals surface area contributed by atoms with Gasteiger partial charge in [0.25, 0.3) is 0 Å². The van der Waals surface area contributed by atoms with Crippen molar-refractivity contribution in [1.82, 2.24) is 4.90 Å². The lowest BCUT2D eigenvalue weighted by molar-refractivity contribution is -0.155. The van der Waals surface area contributed by atoms with E-state index < -0.39 is 35.9 Å². The molecular weight excluding hydrogens is 218 g/mol. The summed E-state index contributed by atoms with van der Waals surface area (Å²) in [6.07, 6.45) is -0.973. The maximum absolute atomic E-state index is 11.6. The van der Waals surface area contributed by atoms with Crippen molar-refractivity contribution >= 4 is 17.8 Å². The van der Waals surface area contributed by atoms with Crippen LogP contribution in [0.5, 0.6) is 0 Å². The van der Waals surface area contributed by atoms with E-state index in [1.165, 1.54) is 6.92 Å². The summed E-state index contributed by atoms with van der Waals surface area (Å²) in [7, 11) is 0.